The van der Waals surface area contributed by atoms with Gasteiger partial charge in [-0.3, -0.25) is 0 Å². The summed E-state index contributed by atoms with van der Waals surface area (Å²) >= 11 is 0. The first-order valence-electron chi connectivity index (χ1n) is 18.9. The molecule has 0 spiro atoms. The van der Waals surface area contributed by atoms with Gasteiger partial charge < -0.3 is 4.57 Å². The quantitative estimate of drug-likeness (QED) is 0.166. The van der Waals surface area contributed by atoms with Crippen molar-refractivity contribution in [3.63, 3.8) is 0 Å². The highest BCUT2D eigenvalue weighted by Crippen LogP contribution is 2.42. The Morgan fingerprint density at radius 3 is 1.62 bits per heavy atom. The molecule has 9 aromatic rings. The molecule has 4 nitrogen and oxygen atoms in total. The molecule has 0 radical (unpaired) electrons. The third kappa shape index (κ3) is 6.04. The fourth-order valence-corrected chi connectivity index (χ4v) is 7.85. The van der Waals surface area contributed by atoms with Crippen molar-refractivity contribution in [1.29, 1.82) is 0 Å². The van der Waals surface area contributed by atoms with Crippen molar-refractivity contribution >= 4 is 27.5 Å². The van der Waals surface area contributed by atoms with Gasteiger partial charge in [0.25, 0.3) is 0 Å². The van der Waals surface area contributed by atoms with Gasteiger partial charge in [-0.15, -0.1) is 0 Å². The first-order chi connectivity index (χ1) is 27.3. The van der Waals surface area contributed by atoms with Crippen LogP contribution in [0.3, 0.4) is 0 Å². The van der Waals surface area contributed by atoms with Crippen LogP contribution in [0.2, 0.25) is 0 Å². The zero-order chi connectivity index (χ0) is 36.6. The molecule has 1 aliphatic carbocycles. The lowest BCUT2D eigenvalue weighted by Gasteiger charge is -2.17. The van der Waals surface area contributed by atoms with E-state index in [4.69, 9.17) is 15.0 Å². The van der Waals surface area contributed by atoms with Crippen LogP contribution in [0, 0.1) is 0 Å². The monoisotopic (exact) mass is 704 g/mol. The molecule has 0 aliphatic heterocycles. The van der Waals surface area contributed by atoms with Gasteiger partial charge in [0.2, 0.25) is 0 Å². The van der Waals surface area contributed by atoms with E-state index in [0.29, 0.717) is 17.5 Å². The Labute approximate surface area is 320 Å². The molecule has 0 atom stereocenters. The van der Waals surface area contributed by atoms with Crippen LogP contribution in [0.5, 0.6) is 0 Å². The zero-order valence-corrected chi connectivity index (χ0v) is 30.2. The zero-order valence-electron chi connectivity index (χ0n) is 30.2. The van der Waals surface area contributed by atoms with Crippen LogP contribution in [-0.4, -0.2) is 19.5 Å². The minimum absolute atomic E-state index is 0.632. The third-order valence-electron chi connectivity index (χ3n) is 10.5. The average molecular weight is 705 g/mol. The molecule has 0 amide bonds. The second-order valence-corrected chi connectivity index (χ2v) is 13.9. The van der Waals surface area contributed by atoms with Crippen molar-refractivity contribution < 1.29 is 0 Å². The first-order valence-corrected chi connectivity index (χ1v) is 18.9. The molecule has 0 fully saturated rings. The lowest BCUT2D eigenvalue weighted by Crippen LogP contribution is -2.01. The summed E-state index contributed by atoms with van der Waals surface area (Å²) in [4.78, 5) is 15.2. The fourth-order valence-electron chi connectivity index (χ4n) is 7.85. The minimum Gasteiger partial charge on any atom is -0.310 e. The lowest BCUT2D eigenvalue weighted by atomic mass is 9.88. The summed E-state index contributed by atoms with van der Waals surface area (Å²) in [5.74, 6) is 1.92. The SMILES string of the molecule is C1=CC(n2c3ccccc3c3cc(-c4ccc(-c5ccccc5)c(-c5ccccc5-c5nc(-c6ccccc6)nc(-c6ccccc6)n5)c4)ccc32)=CCC1. The first kappa shape index (κ1) is 32.5. The molecular weight excluding hydrogens is 669 g/mol. The molecule has 7 aromatic carbocycles. The number of allylic oxidation sites excluding steroid dienone is 4. The number of fused-ring (bicyclic) bond motifs is 3. The van der Waals surface area contributed by atoms with E-state index < -0.39 is 0 Å². The average Bonchev–Trinajstić information content (AvgIpc) is 3.61. The molecule has 0 bridgehead atoms. The summed E-state index contributed by atoms with van der Waals surface area (Å²) in [5.41, 5.74) is 13.3. The number of para-hydroxylation sites is 1. The standard InChI is InChI=1S/C51H36N4/c1-5-17-35(18-6-1)41-31-29-38(39-30-32-48-46(34-39)43-26-15-16-28-47(43)55(48)40-23-11-4-12-24-40)33-45(41)42-25-13-14-27-44(42)51-53-49(36-19-7-2-8-20-36)52-50(54-51)37-21-9-3-10-22-37/h1-3,5-11,13-34H,4,12H2. The molecular formula is C51H36N4. The molecule has 0 saturated heterocycles. The Morgan fingerprint density at radius 2 is 0.927 bits per heavy atom. The second kappa shape index (κ2) is 14.0. The van der Waals surface area contributed by atoms with Gasteiger partial charge in [-0.2, -0.15) is 0 Å². The van der Waals surface area contributed by atoms with E-state index in [1.807, 2.05) is 60.7 Å². The van der Waals surface area contributed by atoms with Crippen molar-refractivity contribution in [2.24, 2.45) is 0 Å². The summed E-state index contributed by atoms with van der Waals surface area (Å²) < 4.78 is 2.41. The Kier molecular flexibility index (Phi) is 8.27. The molecule has 260 valence electrons. The third-order valence-corrected chi connectivity index (χ3v) is 10.5. The fraction of sp³-hybridized carbons (Fsp3) is 0.0392. The van der Waals surface area contributed by atoms with E-state index in [9.17, 15) is 0 Å². The van der Waals surface area contributed by atoms with Crippen LogP contribution in [0.1, 0.15) is 12.8 Å². The van der Waals surface area contributed by atoms with Crippen LogP contribution in [0.4, 0.5) is 0 Å². The highest BCUT2D eigenvalue weighted by molar-refractivity contribution is 6.11. The lowest BCUT2D eigenvalue weighted by molar-refractivity contribution is 1.02. The molecule has 0 saturated carbocycles. The topological polar surface area (TPSA) is 43.6 Å². The molecule has 0 unspecified atom stereocenters. The van der Waals surface area contributed by atoms with Gasteiger partial charge in [-0.25, -0.2) is 15.0 Å². The van der Waals surface area contributed by atoms with Gasteiger partial charge in [-0.1, -0.05) is 164 Å². The summed E-state index contributed by atoms with van der Waals surface area (Å²) in [7, 11) is 0. The number of hydrogen-bond donors (Lipinski definition) is 0. The predicted octanol–water partition coefficient (Wildman–Crippen LogP) is 13.2. The summed E-state index contributed by atoms with van der Waals surface area (Å²) in [6.07, 6.45) is 9.03. The highest BCUT2D eigenvalue weighted by atomic mass is 15.0. The molecule has 0 N–H and O–H groups in total. The number of hydrogen-bond acceptors (Lipinski definition) is 3. The Morgan fingerprint density at radius 1 is 0.364 bits per heavy atom. The van der Waals surface area contributed by atoms with Gasteiger partial charge in [0.1, 0.15) is 0 Å². The van der Waals surface area contributed by atoms with Gasteiger partial charge >= 0.3 is 0 Å². The van der Waals surface area contributed by atoms with Crippen molar-refractivity contribution in [1.82, 2.24) is 19.5 Å². The number of aromatic nitrogens is 4. The van der Waals surface area contributed by atoms with E-state index in [1.165, 1.54) is 33.1 Å². The molecule has 4 heteroatoms. The Bertz CT molecular complexity index is 2850. The van der Waals surface area contributed by atoms with Crippen molar-refractivity contribution in [3.05, 3.63) is 194 Å². The van der Waals surface area contributed by atoms with E-state index in [-0.39, 0.29) is 0 Å². The molecule has 10 rings (SSSR count). The highest BCUT2D eigenvalue weighted by Gasteiger charge is 2.19. The van der Waals surface area contributed by atoms with Gasteiger partial charge in [0.05, 0.1) is 11.0 Å². The second-order valence-electron chi connectivity index (χ2n) is 13.9. The summed E-state index contributed by atoms with van der Waals surface area (Å²) in [6, 6.07) is 61.9. The smallest absolute Gasteiger partial charge is 0.164 e. The van der Waals surface area contributed by atoms with E-state index >= 15 is 0 Å². The maximum atomic E-state index is 5.14. The minimum atomic E-state index is 0.632. The molecule has 1 aliphatic rings. The van der Waals surface area contributed by atoms with Gasteiger partial charge in [-0.05, 0) is 76.6 Å². The van der Waals surface area contributed by atoms with Crippen molar-refractivity contribution in [3.8, 4) is 67.5 Å². The summed E-state index contributed by atoms with van der Waals surface area (Å²) in [5, 5.41) is 2.50. The summed E-state index contributed by atoms with van der Waals surface area (Å²) in [6.45, 7) is 0. The normalized spacial score (nSPS) is 12.6. The van der Waals surface area contributed by atoms with Crippen molar-refractivity contribution in [2.75, 3.05) is 0 Å². The largest absolute Gasteiger partial charge is 0.310 e. The van der Waals surface area contributed by atoms with Gasteiger partial charge in [0, 0.05) is 33.2 Å². The van der Waals surface area contributed by atoms with E-state index in [0.717, 1.165) is 57.3 Å². The van der Waals surface area contributed by atoms with Crippen LogP contribution in [0.25, 0.3) is 95.0 Å². The van der Waals surface area contributed by atoms with Crippen LogP contribution < -0.4 is 0 Å². The van der Waals surface area contributed by atoms with E-state index in [2.05, 4.69) is 138 Å². The Hall–Kier alpha value is -7.17. The molecule has 55 heavy (non-hydrogen) atoms. The van der Waals surface area contributed by atoms with Crippen LogP contribution >= 0.6 is 0 Å². The number of nitrogens with zero attached hydrogens (tertiary/aromatic N) is 4. The molecule has 2 heterocycles. The van der Waals surface area contributed by atoms with Gasteiger partial charge in [0.15, 0.2) is 17.5 Å². The Balaban J connectivity index is 1.17. The number of rotatable bonds is 7. The van der Waals surface area contributed by atoms with Crippen molar-refractivity contribution in [2.45, 2.75) is 12.8 Å². The van der Waals surface area contributed by atoms with E-state index in [1.54, 1.807) is 0 Å². The number of benzene rings is 7. The van der Waals surface area contributed by atoms with Crippen LogP contribution in [-0.2, 0) is 0 Å². The molecule has 2 aromatic heterocycles. The van der Waals surface area contributed by atoms with Crippen LogP contribution in [0.15, 0.2) is 194 Å². The maximum Gasteiger partial charge on any atom is 0.164 e. The predicted molar refractivity (Wildman–Crippen MR) is 228 cm³/mol. The maximum absolute atomic E-state index is 5.14.